The van der Waals surface area contributed by atoms with Gasteiger partial charge in [-0.25, -0.2) is 9.78 Å². The highest BCUT2D eigenvalue weighted by atomic mass is 32.1. The number of piperazine rings is 1. The fraction of sp³-hybridized carbons (Fsp3) is 0.839. The molecule has 1 aromatic heterocycles. The fourth-order valence-corrected chi connectivity index (χ4v) is 9.36. The molecule has 5 rings (SSSR count). The third-order valence-corrected chi connectivity index (χ3v) is 15.5. The van der Waals surface area contributed by atoms with Crippen LogP contribution in [0.4, 0.5) is 9.93 Å². The molecule has 2 unspecified atom stereocenters. The Balaban J connectivity index is 1.33. The van der Waals surface area contributed by atoms with Gasteiger partial charge in [-0.05, 0) is 70.5 Å². The fourth-order valence-electron chi connectivity index (χ4n) is 6.71. The van der Waals surface area contributed by atoms with Crippen LogP contribution in [0.2, 0.25) is 18.1 Å². The molecule has 1 saturated carbocycles. The van der Waals surface area contributed by atoms with Crippen LogP contribution in [0.1, 0.15) is 97.1 Å². The number of anilines is 1. The van der Waals surface area contributed by atoms with Crippen molar-refractivity contribution in [3.8, 4) is 0 Å². The molecule has 10 heteroatoms. The smallest absolute Gasteiger partial charge is 0.410 e. The monoisotopic (exact) mass is 604 g/mol. The highest BCUT2D eigenvalue weighted by molar-refractivity contribution is 7.15. The molecule has 1 aromatic rings. The number of ether oxygens (including phenoxy) is 1. The summed E-state index contributed by atoms with van der Waals surface area (Å²) >= 11 is 1.75. The van der Waals surface area contributed by atoms with Crippen molar-refractivity contribution in [1.29, 1.82) is 0 Å². The molecular weight excluding hydrogens is 553 g/mol. The van der Waals surface area contributed by atoms with E-state index in [1.54, 1.807) is 11.3 Å². The number of hydrogen-bond acceptors (Lipinski definition) is 7. The van der Waals surface area contributed by atoms with Crippen LogP contribution in [0.5, 0.6) is 0 Å². The Morgan fingerprint density at radius 2 is 1.63 bits per heavy atom. The van der Waals surface area contributed by atoms with Crippen molar-refractivity contribution in [3.63, 3.8) is 0 Å². The van der Waals surface area contributed by atoms with Crippen molar-refractivity contribution in [2.75, 3.05) is 24.5 Å². The Labute approximate surface area is 252 Å². The van der Waals surface area contributed by atoms with Gasteiger partial charge in [-0.2, -0.15) is 0 Å². The van der Waals surface area contributed by atoms with E-state index in [9.17, 15) is 9.59 Å². The standard InChI is InChI=1S/C31H52N4O4SSi/c1-30(2,3)38-29(37)34-18-22-16-24(39-41(7,8)31(4,5)6)17-23(19-34)35(22)28-32-25-13-14-33(20-26(25)40-28)27(36)15-21-11-9-10-12-21/h21-24H,9-20H2,1-8H3. The second kappa shape index (κ2) is 11.4. The minimum atomic E-state index is -1.93. The van der Waals surface area contributed by atoms with Gasteiger partial charge in [0.1, 0.15) is 5.60 Å². The van der Waals surface area contributed by atoms with Crippen molar-refractivity contribution in [2.45, 2.75) is 141 Å². The number of rotatable bonds is 5. The average Bonchev–Trinajstić information content (AvgIpc) is 3.50. The van der Waals surface area contributed by atoms with E-state index in [-0.39, 0.29) is 29.3 Å². The molecule has 8 nitrogen and oxygen atoms in total. The molecule has 3 fully saturated rings. The molecule has 4 aliphatic rings. The van der Waals surface area contributed by atoms with Gasteiger partial charge in [0.2, 0.25) is 5.91 Å². The van der Waals surface area contributed by atoms with Crippen LogP contribution in [0.3, 0.4) is 0 Å². The molecule has 0 radical (unpaired) electrons. The van der Waals surface area contributed by atoms with Crippen molar-refractivity contribution in [2.24, 2.45) is 5.92 Å². The number of aromatic nitrogens is 1. The van der Waals surface area contributed by atoms with Gasteiger partial charge in [-0.1, -0.05) is 44.9 Å². The molecule has 2 bridgehead atoms. The summed E-state index contributed by atoms with van der Waals surface area (Å²) in [7, 11) is -1.93. The van der Waals surface area contributed by atoms with Gasteiger partial charge in [-0.15, -0.1) is 0 Å². The molecule has 4 heterocycles. The molecule has 0 aromatic carbocycles. The van der Waals surface area contributed by atoms with Gasteiger partial charge in [0.05, 0.1) is 24.3 Å². The summed E-state index contributed by atoms with van der Waals surface area (Å²) in [6.45, 7) is 20.0. The van der Waals surface area contributed by atoms with E-state index in [2.05, 4.69) is 43.7 Å². The topological polar surface area (TPSA) is 75.2 Å². The first-order valence-corrected chi connectivity index (χ1v) is 19.5. The summed E-state index contributed by atoms with van der Waals surface area (Å²) in [6.07, 6.45) is 8.17. The summed E-state index contributed by atoms with van der Waals surface area (Å²) in [5.74, 6) is 0.883. The minimum absolute atomic E-state index is 0.123. The number of carbonyl (C=O) groups excluding carboxylic acids is 2. The Morgan fingerprint density at radius 3 is 2.22 bits per heavy atom. The highest BCUT2D eigenvalue weighted by Crippen LogP contribution is 2.43. The number of hydrogen-bond donors (Lipinski definition) is 0. The molecule has 0 N–H and O–H groups in total. The third kappa shape index (κ3) is 6.95. The molecule has 41 heavy (non-hydrogen) atoms. The second-order valence-electron chi connectivity index (χ2n) is 15.4. The normalized spacial score (nSPS) is 25.9. The minimum Gasteiger partial charge on any atom is -0.444 e. The highest BCUT2D eigenvalue weighted by Gasteiger charge is 2.48. The summed E-state index contributed by atoms with van der Waals surface area (Å²) < 4.78 is 12.7. The predicted octanol–water partition coefficient (Wildman–Crippen LogP) is 6.59. The summed E-state index contributed by atoms with van der Waals surface area (Å²) in [5.41, 5.74) is 0.629. The molecule has 2 amide bonds. The molecule has 230 valence electrons. The number of thiazole rings is 1. The van der Waals surface area contributed by atoms with Gasteiger partial charge in [0.15, 0.2) is 13.4 Å². The lowest BCUT2D eigenvalue weighted by Crippen LogP contribution is -2.65. The molecular formula is C31H52N4O4SSi. The third-order valence-electron chi connectivity index (χ3n) is 9.87. The number of carbonyl (C=O) groups is 2. The van der Waals surface area contributed by atoms with E-state index in [0.717, 1.165) is 36.6 Å². The first-order chi connectivity index (χ1) is 19.1. The van der Waals surface area contributed by atoms with Crippen LogP contribution in [0.15, 0.2) is 0 Å². The van der Waals surface area contributed by atoms with Crippen LogP contribution in [-0.2, 0) is 26.9 Å². The van der Waals surface area contributed by atoms with Crippen LogP contribution in [-0.4, -0.2) is 78.5 Å². The molecule has 3 aliphatic heterocycles. The van der Waals surface area contributed by atoms with Crippen LogP contribution in [0, 0.1) is 5.92 Å². The van der Waals surface area contributed by atoms with Crippen LogP contribution in [0.25, 0.3) is 0 Å². The summed E-state index contributed by atoms with van der Waals surface area (Å²) in [5, 5.41) is 1.20. The van der Waals surface area contributed by atoms with Gasteiger partial charge < -0.3 is 23.9 Å². The quantitative estimate of drug-likeness (QED) is 0.353. The van der Waals surface area contributed by atoms with Crippen molar-refractivity contribution < 1.29 is 18.8 Å². The number of likely N-dealkylation sites (tertiary alicyclic amines) is 1. The van der Waals surface area contributed by atoms with E-state index < -0.39 is 13.9 Å². The van der Waals surface area contributed by atoms with Gasteiger partial charge in [0, 0.05) is 43.5 Å². The van der Waals surface area contributed by atoms with Crippen molar-refractivity contribution in [1.82, 2.24) is 14.8 Å². The Kier molecular flexibility index (Phi) is 8.60. The average molecular weight is 605 g/mol. The Hall–Kier alpha value is -1.65. The van der Waals surface area contributed by atoms with Gasteiger partial charge in [-0.3, -0.25) is 4.79 Å². The predicted molar refractivity (Wildman–Crippen MR) is 167 cm³/mol. The Morgan fingerprint density at radius 1 is 1.00 bits per heavy atom. The maximum absolute atomic E-state index is 13.1. The zero-order valence-corrected chi connectivity index (χ0v) is 28.4. The van der Waals surface area contributed by atoms with Crippen LogP contribution < -0.4 is 4.90 Å². The first-order valence-electron chi connectivity index (χ1n) is 15.8. The lowest BCUT2D eigenvalue weighted by atomic mass is 9.90. The van der Waals surface area contributed by atoms with E-state index >= 15 is 0 Å². The molecule has 1 aliphatic carbocycles. The van der Waals surface area contributed by atoms with Gasteiger partial charge >= 0.3 is 6.09 Å². The van der Waals surface area contributed by atoms with Gasteiger partial charge in [0.25, 0.3) is 0 Å². The Bertz CT molecular complexity index is 1100. The molecule has 2 saturated heterocycles. The maximum Gasteiger partial charge on any atom is 0.410 e. The number of amides is 2. The summed E-state index contributed by atoms with van der Waals surface area (Å²) in [4.78, 5) is 39.1. The zero-order valence-electron chi connectivity index (χ0n) is 26.6. The number of nitrogens with zero attached hydrogens (tertiary/aromatic N) is 4. The SMILES string of the molecule is CC(C)(C)OC(=O)N1CC2CC(O[Si](C)(C)C(C)(C)C)CC(C1)N2c1nc2c(s1)CN(C(=O)CC1CCCC1)CC2. The first kappa shape index (κ1) is 30.8. The van der Waals surface area contributed by atoms with Crippen LogP contribution >= 0.6 is 11.3 Å². The van der Waals surface area contributed by atoms with E-state index in [4.69, 9.17) is 14.1 Å². The number of piperidine rings is 1. The maximum atomic E-state index is 13.1. The van der Waals surface area contributed by atoms with Crippen molar-refractivity contribution >= 4 is 36.8 Å². The number of fused-ring (bicyclic) bond motifs is 3. The molecule has 0 spiro atoms. The van der Waals surface area contributed by atoms with E-state index in [1.165, 1.54) is 30.6 Å². The summed E-state index contributed by atoms with van der Waals surface area (Å²) in [6, 6.07) is 0.245. The van der Waals surface area contributed by atoms with Crippen molar-refractivity contribution in [3.05, 3.63) is 10.6 Å². The van der Waals surface area contributed by atoms with E-state index in [0.29, 0.717) is 37.9 Å². The molecule has 2 atom stereocenters. The van der Waals surface area contributed by atoms with E-state index in [1.807, 2.05) is 25.7 Å². The zero-order chi connectivity index (χ0) is 29.7. The lowest BCUT2D eigenvalue weighted by molar-refractivity contribution is -0.133. The second-order valence-corrected chi connectivity index (χ2v) is 21.2. The lowest BCUT2D eigenvalue weighted by Gasteiger charge is -2.53. The largest absolute Gasteiger partial charge is 0.444 e.